The molecule has 1 unspecified atom stereocenters. The van der Waals surface area contributed by atoms with Gasteiger partial charge in [0.15, 0.2) is 0 Å². The first-order chi connectivity index (χ1) is 9.19. The van der Waals surface area contributed by atoms with Crippen molar-refractivity contribution in [3.05, 3.63) is 61.2 Å². The Hall–Kier alpha value is -0.350. The summed E-state index contributed by atoms with van der Waals surface area (Å²) in [6, 6.07) is 9.29. The molecule has 0 spiro atoms. The van der Waals surface area contributed by atoms with Crippen LogP contribution in [0.1, 0.15) is 47.1 Å². The minimum atomic E-state index is -0.303. The Morgan fingerprint density at radius 3 is 1.65 bits per heavy atom. The second-order valence-electron chi connectivity index (χ2n) is 7.45. The quantitative estimate of drug-likeness (QED) is 0.651. The molecule has 0 heterocycles. The van der Waals surface area contributed by atoms with Crippen LogP contribution in [0.15, 0.2) is 24.3 Å². The van der Waals surface area contributed by atoms with Crippen LogP contribution in [0.25, 0.3) is 0 Å². The Bertz CT molecular complexity index is 424. The summed E-state index contributed by atoms with van der Waals surface area (Å²) in [6.45, 7) is 13.9. The van der Waals surface area contributed by atoms with Gasteiger partial charge in [-0.2, -0.15) is 0 Å². The van der Waals surface area contributed by atoms with Crippen molar-refractivity contribution in [3.8, 4) is 0 Å². The van der Waals surface area contributed by atoms with E-state index in [0.717, 1.165) is 0 Å². The number of hydrogen-bond donors (Lipinski definition) is 0. The third-order valence-electron chi connectivity index (χ3n) is 3.57. The van der Waals surface area contributed by atoms with E-state index >= 15 is 0 Å². The highest BCUT2D eigenvalue weighted by Crippen LogP contribution is 2.60. The van der Waals surface area contributed by atoms with Crippen LogP contribution in [0.2, 0.25) is 0 Å². The van der Waals surface area contributed by atoms with Crippen LogP contribution < -0.4 is 5.30 Å². The minimum absolute atomic E-state index is 0.226. The zero-order valence-corrected chi connectivity index (χ0v) is 14.5. The first-order valence-electron chi connectivity index (χ1n) is 7.32. The zero-order chi connectivity index (χ0) is 15.0. The van der Waals surface area contributed by atoms with Gasteiger partial charge in [-0.25, -0.2) is 0 Å². The molecule has 5 radical (unpaired) electrons. The summed E-state index contributed by atoms with van der Waals surface area (Å²) in [5.74, 6) is 0. The highest BCUT2D eigenvalue weighted by molar-refractivity contribution is 7.70. The first kappa shape index (κ1) is 16.0. The van der Waals surface area contributed by atoms with Crippen LogP contribution in [0.5, 0.6) is 0 Å². The lowest BCUT2D eigenvalue weighted by Gasteiger charge is -2.36. The van der Waals surface area contributed by atoms with Gasteiger partial charge in [-0.1, -0.05) is 73.7 Å². The maximum Gasteiger partial charge on any atom is 0.0123 e. The van der Waals surface area contributed by atoms with Gasteiger partial charge in [-0.05, 0) is 47.1 Å². The van der Waals surface area contributed by atoms with Crippen molar-refractivity contribution in [2.75, 3.05) is 0 Å². The highest BCUT2D eigenvalue weighted by atomic mass is 31.1. The Morgan fingerprint density at radius 2 is 1.25 bits per heavy atom. The molecule has 1 aromatic rings. The average Bonchev–Trinajstić information content (AvgIpc) is 2.80. The predicted molar refractivity (Wildman–Crippen MR) is 91.9 cm³/mol. The SMILES string of the molecule is CC(C)(C)c1ccc(P([C]2[CH][CH][CH][CH]2)C(C)(C)C)cc1. The van der Waals surface area contributed by atoms with Crippen molar-refractivity contribution >= 4 is 13.2 Å². The molecule has 1 aliphatic carbocycles. The molecule has 1 saturated carbocycles. The molecular formula is C19H26P. The lowest BCUT2D eigenvalue weighted by atomic mass is 9.87. The van der Waals surface area contributed by atoms with Gasteiger partial charge in [0, 0.05) is 5.66 Å². The molecule has 0 aliphatic heterocycles. The van der Waals surface area contributed by atoms with E-state index in [0.29, 0.717) is 0 Å². The van der Waals surface area contributed by atoms with Gasteiger partial charge in [-0.3, -0.25) is 0 Å². The van der Waals surface area contributed by atoms with E-state index in [1.165, 1.54) is 16.5 Å². The molecule has 107 valence electrons. The summed E-state index contributed by atoms with van der Waals surface area (Å²) in [6.07, 6.45) is 8.85. The molecule has 2 rings (SSSR count). The molecule has 1 heteroatoms. The van der Waals surface area contributed by atoms with Crippen LogP contribution in [-0.2, 0) is 5.41 Å². The van der Waals surface area contributed by atoms with Crippen LogP contribution >= 0.6 is 7.92 Å². The van der Waals surface area contributed by atoms with E-state index in [2.05, 4.69) is 91.5 Å². The van der Waals surface area contributed by atoms with Crippen molar-refractivity contribution < 1.29 is 0 Å². The molecule has 0 saturated heterocycles. The maximum absolute atomic E-state index is 2.35. The smallest absolute Gasteiger partial charge is 0.0123 e. The van der Waals surface area contributed by atoms with Gasteiger partial charge in [0.1, 0.15) is 0 Å². The topological polar surface area (TPSA) is 0 Å². The Labute approximate surface area is 127 Å². The monoisotopic (exact) mass is 285 g/mol. The molecule has 0 amide bonds. The van der Waals surface area contributed by atoms with E-state index in [4.69, 9.17) is 0 Å². The molecule has 0 N–H and O–H groups in total. The van der Waals surface area contributed by atoms with Crippen molar-refractivity contribution in [1.82, 2.24) is 0 Å². The van der Waals surface area contributed by atoms with Crippen molar-refractivity contribution in [2.24, 2.45) is 0 Å². The van der Waals surface area contributed by atoms with Gasteiger partial charge in [0.2, 0.25) is 0 Å². The van der Waals surface area contributed by atoms with Crippen LogP contribution in [0, 0.1) is 31.3 Å². The summed E-state index contributed by atoms with van der Waals surface area (Å²) in [5.41, 5.74) is 3.12. The van der Waals surface area contributed by atoms with Gasteiger partial charge < -0.3 is 0 Å². The van der Waals surface area contributed by atoms with E-state index in [9.17, 15) is 0 Å². The summed E-state index contributed by atoms with van der Waals surface area (Å²) in [5, 5.41) is 1.76. The molecule has 1 aromatic carbocycles. The van der Waals surface area contributed by atoms with Gasteiger partial charge in [0.05, 0.1) is 0 Å². The summed E-state index contributed by atoms with van der Waals surface area (Å²) < 4.78 is 0. The van der Waals surface area contributed by atoms with Crippen LogP contribution in [0.4, 0.5) is 0 Å². The molecule has 0 aromatic heterocycles. The average molecular weight is 285 g/mol. The van der Waals surface area contributed by atoms with Crippen LogP contribution in [0.3, 0.4) is 0 Å². The number of hydrogen-bond acceptors (Lipinski definition) is 0. The second kappa shape index (κ2) is 5.80. The highest BCUT2D eigenvalue weighted by Gasteiger charge is 2.35. The van der Waals surface area contributed by atoms with E-state index < -0.39 is 0 Å². The molecule has 0 bridgehead atoms. The summed E-state index contributed by atoms with van der Waals surface area (Å²) >= 11 is 0. The molecule has 1 aliphatic rings. The largest absolute Gasteiger partial charge is 0.0619 e. The molecule has 1 fully saturated rings. The standard InChI is InChI=1S/C19H26P/c1-18(2,3)15-11-13-17(14-12-15)20(19(4,5)6)16-9-7-8-10-16/h7-14H,1-6H3. The Morgan fingerprint density at radius 1 is 0.750 bits per heavy atom. The molecule has 20 heavy (non-hydrogen) atoms. The van der Waals surface area contributed by atoms with E-state index in [-0.39, 0.29) is 18.5 Å². The lowest BCUT2D eigenvalue weighted by molar-refractivity contribution is 0.590. The number of rotatable bonds is 2. The normalized spacial score (nSPS) is 19.3. The fourth-order valence-electron chi connectivity index (χ4n) is 2.55. The summed E-state index contributed by atoms with van der Waals surface area (Å²) in [7, 11) is -0.303. The Balaban J connectivity index is 2.30. The predicted octanol–water partition coefficient (Wildman–Crippen LogP) is 5.25. The molecule has 0 nitrogen and oxygen atoms in total. The second-order valence-corrected chi connectivity index (χ2v) is 10.5. The third kappa shape index (κ3) is 3.64. The fourth-order valence-corrected chi connectivity index (χ4v) is 5.31. The lowest BCUT2D eigenvalue weighted by Crippen LogP contribution is -2.23. The summed E-state index contributed by atoms with van der Waals surface area (Å²) in [4.78, 5) is 0. The zero-order valence-electron chi connectivity index (χ0n) is 13.6. The van der Waals surface area contributed by atoms with Gasteiger partial charge in [0.25, 0.3) is 0 Å². The van der Waals surface area contributed by atoms with Gasteiger partial charge in [-0.15, -0.1) is 0 Å². The number of benzene rings is 1. The Kier molecular flexibility index (Phi) is 4.65. The first-order valence-corrected chi connectivity index (χ1v) is 8.66. The minimum Gasteiger partial charge on any atom is -0.0619 e. The van der Waals surface area contributed by atoms with Crippen molar-refractivity contribution in [2.45, 2.75) is 52.1 Å². The van der Waals surface area contributed by atoms with Crippen LogP contribution in [-0.4, -0.2) is 5.16 Å². The van der Waals surface area contributed by atoms with Crippen molar-refractivity contribution in [3.63, 3.8) is 0 Å². The fraction of sp³-hybridized carbons (Fsp3) is 0.421. The third-order valence-corrected chi connectivity index (χ3v) is 6.54. The van der Waals surface area contributed by atoms with Crippen molar-refractivity contribution in [1.29, 1.82) is 0 Å². The van der Waals surface area contributed by atoms with E-state index in [1.54, 1.807) is 0 Å². The molecular weight excluding hydrogens is 259 g/mol. The maximum atomic E-state index is 2.35. The molecule has 1 atom stereocenters. The van der Waals surface area contributed by atoms with E-state index in [1.807, 2.05) is 0 Å². The van der Waals surface area contributed by atoms with Gasteiger partial charge >= 0.3 is 0 Å².